The molecule has 0 spiro atoms. The van der Waals surface area contributed by atoms with Crippen LogP contribution in [0.25, 0.3) is 0 Å². The molecule has 3 heteroatoms. The van der Waals surface area contributed by atoms with E-state index in [9.17, 15) is 0 Å². The average molecular weight is 399 g/mol. The molecular formula is C22H27BrN2. The van der Waals surface area contributed by atoms with Gasteiger partial charge in [0.2, 0.25) is 0 Å². The smallest absolute Gasteiger partial charge is 0.0370 e. The van der Waals surface area contributed by atoms with Crippen LogP contribution in [0.3, 0.4) is 0 Å². The maximum Gasteiger partial charge on any atom is 0.0370 e. The minimum atomic E-state index is 0.799. The number of hydrogen-bond acceptors (Lipinski definition) is 2. The highest BCUT2D eigenvalue weighted by molar-refractivity contribution is 9.10. The summed E-state index contributed by atoms with van der Waals surface area (Å²) in [7, 11) is 0. The van der Waals surface area contributed by atoms with Gasteiger partial charge in [-0.1, -0.05) is 40.2 Å². The quantitative estimate of drug-likeness (QED) is 0.715. The van der Waals surface area contributed by atoms with Gasteiger partial charge in [-0.15, -0.1) is 0 Å². The van der Waals surface area contributed by atoms with Crippen LogP contribution in [0.1, 0.15) is 29.0 Å². The van der Waals surface area contributed by atoms with E-state index in [0.717, 1.165) is 24.9 Å². The molecule has 0 unspecified atom stereocenters. The van der Waals surface area contributed by atoms with E-state index in [-0.39, 0.29) is 0 Å². The van der Waals surface area contributed by atoms with Gasteiger partial charge < -0.3 is 4.90 Å². The molecule has 0 bridgehead atoms. The molecule has 25 heavy (non-hydrogen) atoms. The van der Waals surface area contributed by atoms with Gasteiger partial charge in [0.25, 0.3) is 0 Å². The second-order valence-electron chi connectivity index (χ2n) is 7.68. The van der Waals surface area contributed by atoms with Crippen molar-refractivity contribution in [1.82, 2.24) is 4.90 Å². The van der Waals surface area contributed by atoms with Gasteiger partial charge in [-0.25, -0.2) is 0 Å². The Kier molecular flexibility index (Phi) is 4.88. The topological polar surface area (TPSA) is 6.48 Å². The highest BCUT2D eigenvalue weighted by Gasteiger charge is 2.40. The molecule has 2 aliphatic rings. The third-order valence-electron chi connectivity index (χ3n) is 5.88. The number of nitrogens with zero attached hydrogens (tertiary/aromatic N) is 2. The lowest BCUT2D eigenvalue weighted by molar-refractivity contribution is 0.246. The van der Waals surface area contributed by atoms with Crippen LogP contribution in [0.15, 0.2) is 46.9 Å². The third-order valence-corrected chi connectivity index (χ3v) is 6.77. The molecule has 1 aliphatic heterocycles. The number of benzene rings is 2. The van der Waals surface area contributed by atoms with E-state index in [1.807, 2.05) is 0 Å². The van der Waals surface area contributed by atoms with E-state index in [2.05, 4.69) is 82.0 Å². The Balaban J connectivity index is 1.30. The number of hydrogen-bond donors (Lipinski definition) is 0. The lowest BCUT2D eigenvalue weighted by Gasteiger charge is -2.36. The largest absolute Gasteiger partial charge is 0.369 e. The van der Waals surface area contributed by atoms with Gasteiger partial charge in [0.1, 0.15) is 0 Å². The molecule has 0 aromatic heterocycles. The highest BCUT2D eigenvalue weighted by atomic mass is 79.9. The summed E-state index contributed by atoms with van der Waals surface area (Å²) in [4.78, 5) is 5.20. The molecule has 2 aromatic rings. The van der Waals surface area contributed by atoms with Gasteiger partial charge in [0.05, 0.1) is 0 Å². The van der Waals surface area contributed by atoms with E-state index in [0.29, 0.717) is 0 Å². The molecule has 0 N–H and O–H groups in total. The standard InChI is InChI=1S/C22H27BrN2/c1-16-5-3-4-6-20(16)21-14-18(21)15-24-9-11-25(12-10-24)19-7-8-22(23)17(2)13-19/h3-8,13,18,21H,9-12,14-15H2,1-2H3/t18-,21+/m1/s1. The van der Waals surface area contributed by atoms with Crippen molar-refractivity contribution in [1.29, 1.82) is 0 Å². The highest BCUT2D eigenvalue weighted by Crippen LogP contribution is 2.48. The minimum Gasteiger partial charge on any atom is -0.369 e. The van der Waals surface area contributed by atoms with Crippen molar-refractivity contribution in [2.45, 2.75) is 26.2 Å². The molecule has 0 radical (unpaired) electrons. The molecule has 2 aromatic carbocycles. The van der Waals surface area contributed by atoms with Gasteiger partial charge >= 0.3 is 0 Å². The summed E-state index contributed by atoms with van der Waals surface area (Å²) in [5.74, 6) is 1.66. The molecular weight excluding hydrogens is 372 g/mol. The van der Waals surface area contributed by atoms with E-state index >= 15 is 0 Å². The SMILES string of the molecule is Cc1cc(N2CCN(C[C@H]3C[C@@H]3c3ccccc3C)CC2)ccc1Br. The second-order valence-corrected chi connectivity index (χ2v) is 8.53. The van der Waals surface area contributed by atoms with Crippen LogP contribution in [0, 0.1) is 19.8 Å². The maximum absolute atomic E-state index is 3.60. The lowest BCUT2D eigenvalue weighted by atomic mass is 10.0. The molecule has 4 rings (SSSR count). The fourth-order valence-electron chi connectivity index (χ4n) is 4.18. The van der Waals surface area contributed by atoms with Gasteiger partial charge in [-0.05, 0) is 67.0 Å². The zero-order chi connectivity index (χ0) is 17.4. The van der Waals surface area contributed by atoms with Gasteiger partial charge in [-0.2, -0.15) is 0 Å². The molecule has 1 saturated carbocycles. The summed E-state index contributed by atoms with van der Waals surface area (Å²) in [6, 6.07) is 15.6. The molecule has 1 aliphatic carbocycles. The van der Waals surface area contributed by atoms with Crippen LogP contribution in [0.4, 0.5) is 5.69 Å². The molecule has 2 fully saturated rings. The van der Waals surface area contributed by atoms with Crippen LogP contribution < -0.4 is 4.90 Å². The molecule has 1 saturated heterocycles. The van der Waals surface area contributed by atoms with Gasteiger partial charge in [0, 0.05) is 42.9 Å². The van der Waals surface area contributed by atoms with E-state index in [4.69, 9.17) is 0 Å². The first kappa shape index (κ1) is 17.1. The summed E-state index contributed by atoms with van der Waals surface area (Å²) < 4.78 is 1.20. The third kappa shape index (κ3) is 3.78. The van der Waals surface area contributed by atoms with Gasteiger partial charge in [0.15, 0.2) is 0 Å². The average Bonchev–Trinajstić information content (AvgIpc) is 3.37. The Labute approximate surface area is 160 Å². The number of anilines is 1. The first-order valence-electron chi connectivity index (χ1n) is 9.41. The minimum absolute atomic E-state index is 0.799. The summed E-state index contributed by atoms with van der Waals surface area (Å²) in [5, 5.41) is 0. The number of piperazine rings is 1. The van der Waals surface area contributed by atoms with Crippen molar-refractivity contribution >= 4 is 21.6 Å². The van der Waals surface area contributed by atoms with Crippen LogP contribution in [0.2, 0.25) is 0 Å². The van der Waals surface area contributed by atoms with Crippen LogP contribution in [-0.4, -0.2) is 37.6 Å². The van der Waals surface area contributed by atoms with Gasteiger partial charge in [-0.3, -0.25) is 4.90 Å². The first-order valence-corrected chi connectivity index (χ1v) is 10.2. The van der Waals surface area contributed by atoms with Crippen molar-refractivity contribution in [3.8, 4) is 0 Å². The fourth-order valence-corrected chi connectivity index (χ4v) is 4.43. The zero-order valence-corrected chi connectivity index (χ0v) is 16.8. The monoisotopic (exact) mass is 398 g/mol. The van der Waals surface area contributed by atoms with Crippen LogP contribution >= 0.6 is 15.9 Å². The maximum atomic E-state index is 3.60. The molecule has 1 heterocycles. The fraction of sp³-hybridized carbons (Fsp3) is 0.455. The Morgan fingerprint density at radius 2 is 1.72 bits per heavy atom. The van der Waals surface area contributed by atoms with Crippen molar-refractivity contribution in [3.05, 3.63) is 63.6 Å². The Morgan fingerprint density at radius 3 is 2.44 bits per heavy atom. The normalized spacial score (nSPS) is 23.7. The number of aryl methyl sites for hydroxylation is 2. The van der Waals surface area contributed by atoms with E-state index < -0.39 is 0 Å². The Morgan fingerprint density at radius 1 is 0.960 bits per heavy atom. The number of rotatable bonds is 4. The first-order chi connectivity index (χ1) is 12.1. The summed E-state index contributed by atoms with van der Waals surface area (Å²) in [5.41, 5.74) is 5.73. The summed E-state index contributed by atoms with van der Waals surface area (Å²) in [6.45, 7) is 10.3. The van der Waals surface area contributed by atoms with E-state index in [1.54, 1.807) is 5.56 Å². The van der Waals surface area contributed by atoms with Crippen molar-refractivity contribution in [2.24, 2.45) is 5.92 Å². The van der Waals surface area contributed by atoms with Crippen LogP contribution in [-0.2, 0) is 0 Å². The molecule has 2 atom stereocenters. The predicted molar refractivity (Wildman–Crippen MR) is 110 cm³/mol. The second kappa shape index (κ2) is 7.13. The van der Waals surface area contributed by atoms with Crippen molar-refractivity contribution in [2.75, 3.05) is 37.6 Å². The number of halogens is 1. The molecule has 0 amide bonds. The summed E-state index contributed by atoms with van der Waals surface area (Å²) in [6.07, 6.45) is 1.37. The molecule has 2 nitrogen and oxygen atoms in total. The summed E-state index contributed by atoms with van der Waals surface area (Å²) >= 11 is 3.60. The molecule has 132 valence electrons. The van der Waals surface area contributed by atoms with Crippen molar-refractivity contribution in [3.63, 3.8) is 0 Å². The van der Waals surface area contributed by atoms with E-state index in [1.165, 1.54) is 47.3 Å². The van der Waals surface area contributed by atoms with Crippen LogP contribution in [0.5, 0.6) is 0 Å². The Hall–Kier alpha value is -1.32. The van der Waals surface area contributed by atoms with Crippen molar-refractivity contribution < 1.29 is 0 Å². The zero-order valence-electron chi connectivity index (χ0n) is 15.2. The predicted octanol–water partition coefficient (Wildman–Crippen LogP) is 4.99. The Bertz CT molecular complexity index is 749. The lowest BCUT2D eigenvalue weighted by Crippen LogP contribution is -2.47.